The normalized spacial score (nSPS) is 11.2. The van der Waals surface area contributed by atoms with Crippen LogP contribution in [-0.4, -0.2) is 41.8 Å². The molecule has 4 nitrogen and oxygen atoms in total. The molecule has 0 spiro atoms. The van der Waals surface area contributed by atoms with Gasteiger partial charge in [0.2, 0.25) is 0 Å². The minimum atomic E-state index is -0.148. The zero-order valence-corrected chi connectivity index (χ0v) is 16.0. The molecule has 1 heterocycles. The van der Waals surface area contributed by atoms with Gasteiger partial charge in [-0.3, -0.25) is 14.2 Å². The molecule has 0 unspecified atom stereocenters. The fraction of sp³-hybridized carbons (Fsp3) is 0.200. The van der Waals surface area contributed by atoms with Gasteiger partial charge in [-0.05, 0) is 55.1 Å². The van der Waals surface area contributed by atoms with Crippen LogP contribution in [0.1, 0.15) is 26.4 Å². The van der Waals surface area contributed by atoms with E-state index in [4.69, 9.17) is 0 Å². The van der Waals surface area contributed by atoms with Crippen molar-refractivity contribution in [3.63, 3.8) is 0 Å². The average molecular weight is 399 g/mol. The molecule has 0 aliphatic rings. The summed E-state index contributed by atoms with van der Waals surface area (Å²) >= 11 is 3.44. The lowest BCUT2D eigenvalue weighted by atomic mass is 10.1. The average Bonchev–Trinajstić information content (AvgIpc) is 2.86. The van der Waals surface area contributed by atoms with Crippen LogP contribution in [0.2, 0.25) is 0 Å². The third-order valence-electron chi connectivity index (χ3n) is 4.16. The fourth-order valence-electron chi connectivity index (χ4n) is 3.10. The van der Waals surface area contributed by atoms with Crippen molar-refractivity contribution in [3.8, 4) is 0 Å². The van der Waals surface area contributed by atoms with E-state index in [0.29, 0.717) is 23.4 Å². The Bertz CT molecular complexity index is 973. The third-order valence-corrected chi connectivity index (χ3v) is 4.85. The van der Waals surface area contributed by atoms with Gasteiger partial charge >= 0.3 is 0 Å². The van der Waals surface area contributed by atoms with Crippen LogP contribution in [0.3, 0.4) is 0 Å². The number of carbonyl (C=O) groups is 2. The molecule has 2 aromatic carbocycles. The van der Waals surface area contributed by atoms with Crippen LogP contribution >= 0.6 is 15.9 Å². The van der Waals surface area contributed by atoms with E-state index in [9.17, 15) is 9.59 Å². The van der Waals surface area contributed by atoms with Gasteiger partial charge in [-0.25, -0.2) is 0 Å². The van der Waals surface area contributed by atoms with Crippen LogP contribution in [0.4, 0.5) is 0 Å². The molecule has 0 N–H and O–H groups in total. The highest BCUT2D eigenvalue weighted by Gasteiger charge is 2.24. The van der Waals surface area contributed by atoms with Crippen LogP contribution < -0.4 is 0 Å². The number of hydrogen-bond donors (Lipinski definition) is 0. The minimum Gasteiger partial charge on any atom is -0.302 e. The summed E-state index contributed by atoms with van der Waals surface area (Å²) in [5.74, 6) is -0.137. The van der Waals surface area contributed by atoms with E-state index < -0.39 is 0 Å². The first-order chi connectivity index (χ1) is 11.9. The van der Waals surface area contributed by atoms with Crippen molar-refractivity contribution in [3.05, 3.63) is 69.8 Å². The number of hydrogen-bond acceptors (Lipinski definition) is 3. The van der Waals surface area contributed by atoms with Crippen LogP contribution in [0.25, 0.3) is 10.9 Å². The van der Waals surface area contributed by atoms with Crippen molar-refractivity contribution in [2.75, 3.05) is 20.6 Å². The van der Waals surface area contributed by atoms with Crippen molar-refractivity contribution in [2.24, 2.45) is 0 Å². The number of benzene rings is 2. The number of fused-ring (bicyclic) bond motifs is 1. The van der Waals surface area contributed by atoms with Gasteiger partial charge in [-0.2, -0.15) is 0 Å². The van der Waals surface area contributed by atoms with Gasteiger partial charge < -0.3 is 4.90 Å². The van der Waals surface area contributed by atoms with Gasteiger partial charge in [0.05, 0.1) is 17.6 Å². The molecule has 0 saturated carbocycles. The van der Waals surface area contributed by atoms with E-state index in [1.54, 1.807) is 10.6 Å². The number of carbonyl (C=O) groups excluding carboxylic acids is 2. The summed E-state index contributed by atoms with van der Waals surface area (Å²) in [5.41, 5.74) is 2.61. The lowest BCUT2D eigenvalue weighted by Gasteiger charge is -2.10. The number of Topliss-reactive ketones (excluding diaryl/α,β-unsaturated/α-hetero) is 1. The lowest BCUT2D eigenvalue weighted by Crippen LogP contribution is -2.22. The molecule has 3 aromatic rings. The van der Waals surface area contributed by atoms with Gasteiger partial charge in [0, 0.05) is 21.1 Å². The predicted molar refractivity (Wildman–Crippen MR) is 103 cm³/mol. The Labute approximate surface area is 155 Å². The predicted octanol–water partition coefficient (Wildman–Crippen LogP) is 4.15. The Balaban J connectivity index is 2.23. The molecule has 0 bridgehead atoms. The molecule has 5 heteroatoms. The Kier molecular flexibility index (Phi) is 4.88. The van der Waals surface area contributed by atoms with Crippen LogP contribution in [0.5, 0.6) is 0 Å². The van der Waals surface area contributed by atoms with Gasteiger partial charge in [0.15, 0.2) is 5.78 Å². The largest absolute Gasteiger partial charge is 0.302 e. The van der Waals surface area contributed by atoms with Crippen LogP contribution in [-0.2, 0) is 0 Å². The first-order valence-corrected chi connectivity index (χ1v) is 8.78. The second-order valence-corrected chi connectivity index (χ2v) is 7.11. The quantitative estimate of drug-likeness (QED) is 0.620. The molecule has 3 rings (SSSR count). The summed E-state index contributed by atoms with van der Waals surface area (Å²) in [5, 5.41) is 0.812. The monoisotopic (exact) mass is 398 g/mol. The molecule has 128 valence electrons. The first-order valence-electron chi connectivity index (χ1n) is 7.99. The summed E-state index contributed by atoms with van der Waals surface area (Å²) in [6.45, 7) is 2.13. The Morgan fingerprint density at radius 1 is 1.04 bits per heavy atom. The van der Waals surface area contributed by atoms with Gasteiger partial charge in [0.1, 0.15) is 0 Å². The number of aromatic nitrogens is 1. The molecule has 0 saturated heterocycles. The van der Waals surface area contributed by atoms with Crippen molar-refractivity contribution in [2.45, 2.75) is 6.92 Å². The SMILES string of the molecule is Cc1c(C(=O)CN(C)C)c2ccccc2n1C(=O)c1ccccc1Br. The number of halogens is 1. The standard InChI is InChI=1S/C20H19BrN2O2/c1-13-19(18(24)12-22(2)3)15-9-5-7-11-17(15)23(13)20(25)14-8-4-6-10-16(14)21/h4-11H,12H2,1-3H3. The summed E-state index contributed by atoms with van der Waals surface area (Å²) in [6.07, 6.45) is 0. The van der Waals surface area contributed by atoms with E-state index in [1.807, 2.05) is 68.4 Å². The van der Waals surface area contributed by atoms with Crippen LogP contribution in [0.15, 0.2) is 53.0 Å². The maximum atomic E-state index is 13.2. The molecule has 0 radical (unpaired) electrons. The highest BCUT2D eigenvalue weighted by atomic mass is 79.9. The maximum Gasteiger partial charge on any atom is 0.263 e. The van der Waals surface area contributed by atoms with E-state index in [-0.39, 0.29) is 11.7 Å². The van der Waals surface area contributed by atoms with E-state index in [0.717, 1.165) is 15.4 Å². The van der Waals surface area contributed by atoms with Gasteiger partial charge in [0.25, 0.3) is 5.91 Å². The summed E-state index contributed by atoms with van der Waals surface area (Å²) in [4.78, 5) is 27.8. The number of likely N-dealkylation sites (N-methyl/N-ethyl adjacent to an activating group) is 1. The van der Waals surface area contributed by atoms with Crippen molar-refractivity contribution in [1.29, 1.82) is 0 Å². The number of para-hydroxylation sites is 1. The zero-order valence-electron chi connectivity index (χ0n) is 14.4. The topological polar surface area (TPSA) is 42.3 Å². The Morgan fingerprint density at radius 2 is 1.68 bits per heavy atom. The smallest absolute Gasteiger partial charge is 0.263 e. The zero-order chi connectivity index (χ0) is 18.1. The minimum absolute atomic E-state index is 0.0115. The number of rotatable bonds is 4. The molecule has 0 atom stereocenters. The van der Waals surface area contributed by atoms with Crippen molar-refractivity contribution in [1.82, 2.24) is 9.47 Å². The fourth-order valence-corrected chi connectivity index (χ4v) is 3.56. The second-order valence-electron chi connectivity index (χ2n) is 6.26. The number of nitrogens with zero attached hydrogens (tertiary/aromatic N) is 2. The van der Waals surface area contributed by atoms with E-state index in [1.165, 1.54) is 0 Å². The van der Waals surface area contributed by atoms with Gasteiger partial charge in [-0.1, -0.05) is 30.3 Å². The summed E-state index contributed by atoms with van der Waals surface area (Å²) in [6, 6.07) is 14.9. The molecule has 0 aliphatic carbocycles. The highest BCUT2D eigenvalue weighted by Crippen LogP contribution is 2.28. The van der Waals surface area contributed by atoms with Gasteiger partial charge in [-0.15, -0.1) is 0 Å². The number of ketones is 1. The third kappa shape index (κ3) is 3.17. The van der Waals surface area contributed by atoms with E-state index in [2.05, 4.69) is 15.9 Å². The Hall–Kier alpha value is -2.24. The maximum absolute atomic E-state index is 13.2. The second kappa shape index (κ2) is 6.94. The summed E-state index contributed by atoms with van der Waals surface area (Å²) < 4.78 is 2.37. The molecule has 0 amide bonds. The Morgan fingerprint density at radius 3 is 2.36 bits per heavy atom. The first kappa shape index (κ1) is 17.6. The summed E-state index contributed by atoms with van der Waals surface area (Å²) in [7, 11) is 3.72. The molecular formula is C20H19BrN2O2. The molecule has 0 fully saturated rings. The molecule has 1 aromatic heterocycles. The molecule has 25 heavy (non-hydrogen) atoms. The highest BCUT2D eigenvalue weighted by molar-refractivity contribution is 9.10. The van der Waals surface area contributed by atoms with Crippen molar-refractivity contribution >= 4 is 38.5 Å². The van der Waals surface area contributed by atoms with E-state index >= 15 is 0 Å². The lowest BCUT2D eigenvalue weighted by molar-refractivity contribution is 0.0957. The molecule has 0 aliphatic heterocycles. The molecular weight excluding hydrogens is 380 g/mol. The van der Waals surface area contributed by atoms with Crippen LogP contribution in [0, 0.1) is 6.92 Å². The van der Waals surface area contributed by atoms with Crippen molar-refractivity contribution < 1.29 is 9.59 Å².